The average molecular weight is 488 g/mol. The first kappa shape index (κ1) is 25.0. The summed E-state index contributed by atoms with van der Waals surface area (Å²) in [6, 6.07) is 24.0. The average Bonchev–Trinajstić information content (AvgIpc) is 3.22. The van der Waals surface area contributed by atoms with Gasteiger partial charge in [0.05, 0.1) is 12.6 Å². The molecule has 3 aromatic carbocycles. The first-order valence-electron chi connectivity index (χ1n) is 11.9. The van der Waals surface area contributed by atoms with Gasteiger partial charge in [-0.3, -0.25) is 19.3 Å². The van der Waals surface area contributed by atoms with Crippen molar-refractivity contribution in [1.29, 1.82) is 0 Å². The molecule has 0 aromatic heterocycles. The lowest BCUT2D eigenvalue weighted by atomic mass is 9.83. The van der Waals surface area contributed by atoms with Crippen LogP contribution in [0, 0.1) is 0 Å². The summed E-state index contributed by atoms with van der Waals surface area (Å²) < 4.78 is 11.4. The molecule has 7 heteroatoms. The number of methoxy groups -OCH3 is 1. The van der Waals surface area contributed by atoms with Crippen LogP contribution in [0.5, 0.6) is 11.5 Å². The van der Waals surface area contributed by atoms with Crippen LogP contribution in [0.2, 0.25) is 0 Å². The maximum atomic E-state index is 13.8. The van der Waals surface area contributed by atoms with Crippen molar-refractivity contribution >= 4 is 17.8 Å². The Kier molecular flexibility index (Phi) is 7.68. The van der Waals surface area contributed by atoms with Gasteiger partial charge in [-0.2, -0.15) is 0 Å². The molecule has 1 aliphatic heterocycles. The number of likely N-dealkylation sites (tertiary alicyclic amines) is 1. The Bertz CT molecular complexity index is 1230. The zero-order chi connectivity index (χ0) is 25.5. The highest BCUT2D eigenvalue weighted by atomic mass is 16.5. The van der Waals surface area contributed by atoms with Crippen molar-refractivity contribution in [2.75, 3.05) is 7.11 Å². The fourth-order valence-electron chi connectivity index (χ4n) is 4.75. The Morgan fingerprint density at radius 1 is 0.944 bits per heavy atom. The lowest BCUT2D eigenvalue weighted by Crippen LogP contribution is -2.51. The van der Waals surface area contributed by atoms with Crippen molar-refractivity contribution in [2.24, 2.45) is 0 Å². The summed E-state index contributed by atoms with van der Waals surface area (Å²) in [4.78, 5) is 39.6. The van der Waals surface area contributed by atoms with Crippen LogP contribution in [0.1, 0.15) is 47.2 Å². The first-order chi connectivity index (χ1) is 17.4. The van der Waals surface area contributed by atoms with Crippen LogP contribution < -0.4 is 9.47 Å². The number of carbonyl (C=O) groups excluding carboxylic acids is 2. The smallest absolute Gasteiger partial charge is 0.303 e. The molecule has 1 heterocycles. The predicted octanol–water partition coefficient (Wildman–Crippen LogP) is 4.88. The molecular formula is C29H29NO6. The van der Waals surface area contributed by atoms with Crippen molar-refractivity contribution < 1.29 is 29.0 Å². The maximum absolute atomic E-state index is 13.8. The van der Waals surface area contributed by atoms with Gasteiger partial charge in [-0.1, -0.05) is 60.7 Å². The summed E-state index contributed by atoms with van der Waals surface area (Å²) in [5.41, 5.74) is 1.26. The fourth-order valence-corrected chi connectivity index (χ4v) is 4.75. The largest absolute Gasteiger partial charge is 0.493 e. The van der Waals surface area contributed by atoms with Crippen LogP contribution in [-0.2, 0) is 22.6 Å². The van der Waals surface area contributed by atoms with Crippen molar-refractivity contribution in [2.45, 2.75) is 44.2 Å². The molecule has 2 amide bonds. The number of aliphatic carboxylic acids is 1. The van der Waals surface area contributed by atoms with Crippen LogP contribution in [0.25, 0.3) is 0 Å². The van der Waals surface area contributed by atoms with Crippen molar-refractivity contribution in [3.05, 3.63) is 95.6 Å². The van der Waals surface area contributed by atoms with Gasteiger partial charge < -0.3 is 14.6 Å². The summed E-state index contributed by atoms with van der Waals surface area (Å²) in [6.07, 6.45) is 1.03. The number of nitrogens with zero attached hydrogens (tertiary/aromatic N) is 1. The van der Waals surface area contributed by atoms with Crippen molar-refractivity contribution in [1.82, 2.24) is 4.90 Å². The molecule has 36 heavy (non-hydrogen) atoms. The standard InChI is InChI=1S/C29H29NO6/c1-35-24-13-12-23(18-25(24)36-20-22-10-6-3-7-11-22)28(34)30-26(31)14-16-29(30,17-15-27(32)33)19-21-8-4-2-5-9-21/h2-13,18H,14-17,19-20H2,1H3,(H,32,33). The van der Waals surface area contributed by atoms with Gasteiger partial charge in [-0.15, -0.1) is 0 Å². The van der Waals surface area contributed by atoms with Gasteiger partial charge >= 0.3 is 5.97 Å². The van der Waals surface area contributed by atoms with Crippen LogP contribution in [0.3, 0.4) is 0 Å². The van der Waals surface area contributed by atoms with E-state index in [0.717, 1.165) is 11.1 Å². The molecule has 7 nitrogen and oxygen atoms in total. The second kappa shape index (κ2) is 11.1. The highest BCUT2D eigenvalue weighted by Gasteiger charge is 2.48. The van der Waals surface area contributed by atoms with Gasteiger partial charge in [0.25, 0.3) is 5.91 Å². The van der Waals surface area contributed by atoms with Crippen LogP contribution in [-0.4, -0.2) is 40.4 Å². The molecule has 0 saturated carbocycles. The summed E-state index contributed by atoms with van der Waals surface area (Å²) in [6.45, 7) is 0.286. The van der Waals surface area contributed by atoms with Gasteiger partial charge in [0.15, 0.2) is 11.5 Å². The third-order valence-corrected chi connectivity index (χ3v) is 6.56. The van der Waals surface area contributed by atoms with Gasteiger partial charge in [0.1, 0.15) is 6.61 Å². The van der Waals surface area contributed by atoms with Gasteiger partial charge in [-0.25, -0.2) is 0 Å². The van der Waals surface area contributed by atoms with Gasteiger partial charge in [0.2, 0.25) is 5.91 Å². The number of ether oxygens (including phenoxy) is 2. The third kappa shape index (κ3) is 5.57. The molecule has 1 atom stereocenters. The lowest BCUT2D eigenvalue weighted by Gasteiger charge is -2.37. The number of benzene rings is 3. The molecule has 4 rings (SSSR count). The molecule has 1 saturated heterocycles. The zero-order valence-corrected chi connectivity index (χ0v) is 20.2. The van der Waals surface area contributed by atoms with Gasteiger partial charge in [0, 0.05) is 18.4 Å². The van der Waals surface area contributed by atoms with E-state index < -0.39 is 17.4 Å². The van der Waals surface area contributed by atoms with E-state index in [1.54, 1.807) is 18.2 Å². The van der Waals surface area contributed by atoms with Crippen molar-refractivity contribution in [3.63, 3.8) is 0 Å². The number of amides is 2. The number of carboxylic acid groups (broad SMARTS) is 1. The topological polar surface area (TPSA) is 93.1 Å². The summed E-state index contributed by atoms with van der Waals surface area (Å²) in [5, 5.41) is 9.39. The van der Waals surface area contributed by atoms with Crippen molar-refractivity contribution in [3.8, 4) is 11.5 Å². The minimum absolute atomic E-state index is 0.141. The summed E-state index contributed by atoms with van der Waals surface area (Å²) >= 11 is 0. The number of carboxylic acids is 1. The number of carbonyl (C=O) groups is 3. The molecule has 0 bridgehead atoms. The van der Waals surface area contributed by atoms with E-state index in [4.69, 9.17) is 9.47 Å². The van der Waals surface area contributed by atoms with Crippen LogP contribution >= 0.6 is 0 Å². The third-order valence-electron chi connectivity index (χ3n) is 6.56. The summed E-state index contributed by atoms with van der Waals surface area (Å²) in [5.74, 6) is -0.875. The Morgan fingerprint density at radius 3 is 2.25 bits per heavy atom. The number of hydrogen-bond donors (Lipinski definition) is 1. The molecule has 0 radical (unpaired) electrons. The Balaban J connectivity index is 1.65. The molecule has 3 aromatic rings. The van der Waals surface area contributed by atoms with Crippen LogP contribution in [0.4, 0.5) is 0 Å². The van der Waals surface area contributed by atoms with E-state index in [1.807, 2.05) is 60.7 Å². The van der Waals surface area contributed by atoms with E-state index in [1.165, 1.54) is 12.0 Å². The Labute approximate surface area is 210 Å². The normalized spacial score (nSPS) is 17.1. The lowest BCUT2D eigenvalue weighted by molar-refractivity contribution is -0.138. The minimum Gasteiger partial charge on any atom is -0.493 e. The Morgan fingerprint density at radius 2 is 1.61 bits per heavy atom. The molecular weight excluding hydrogens is 458 g/mol. The zero-order valence-electron chi connectivity index (χ0n) is 20.2. The highest BCUT2D eigenvalue weighted by molar-refractivity contribution is 6.07. The van der Waals surface area contributed by atoms with Gasteiger partial charge in [-0.05, 0) is 48.6 Å². The molecule has 1 aliphatic rings. The Hall–Kier alpha value is -4.13. The molecule has 1 fully saturated rings. The van der Waals surface area contributed by atoms with E-state index in [2.05, 4.69) is 0 Å². The highest BCUT2D eigenvalue weighted by Crippen LogP contribution is 2.39. The number of imide groups is 1. The first-order valence-corrected chi connectivity index (χ1v) is 11.9. The predicted molar refractivity (Wildman–Crippen MR) is 134 cm³/mol. The fraction of sp³-hybridized carbons (Fsp3) is 0.276. The van der Waals surface area contributed by atoms with Crippen LogP contribution in [0.15, 0.2) is 78.9 Å². The van der Waals surface area contributed by atoms with E-state index >= 15 is 0 Å². The van der Waals surface area contributed by atoms with E-state index in [9.17, 15) is 19.5 Å². The monoisotopic (exact) mass is 487 g/mol. The molecule has 1 N–H and O–H groups in total. The summed E-state index contributed by atoms with van der Waals surface area (Å²) in [7, 11) is 1.52. The minimum atomic E-state index is -0.963. The second-order valence-electron chi connectivity index (χ2n) is 8.95. The number of rotatable bonds is 10. The number of hydrogen-bond acceptors (Lipinski definition) is 5. The second-order valence-corrected chi connectivity index (χ2v) is 8.95. The molecule has 1 unspecified atom stereocenters. The van der Waals surface area contributed by atoms with E-state index in [-0.39, 0.29) is 37.3 Å². The SMILES string of the molecule is COc1ccc(C(=O)N2C(=O)CCC2(CCC(=O)O)Cc2ccccc2)cc1OCc1ccccc1. The molecule has 0 spiro atoms. The molecule has 0 aliphatic carbocycles. The quantitative estimate of drug-likeness (QED) is 0.410. The van der Waals surface area contributed by atoms with E-state index in [0.29, 0.717) is 24.3 Å². The molecule has 186 valence electrons. The maximum Gasteiger partial charge on any atom is 0.303 e.